The first-order chi connectivity index (χ1) is 12.8. The van der Waals surface area contributed by atoms with Gasteiger partial charge in [-0.25, -0.2) is 4.79 Å². The third kappa shape index (κ3) is 5.27. The molecule has 142 valence electrons. The molecule has 0 aliphatic rings. The van der Waals surface area contributed by atoms with Crippen molar-refractivity contribution in [3.8, 4) is 0 Å². The summed E-state index contributed by atoms with van der Waals surface area (Å²) in [4.78, 5) is 37.5. The number of esters is 1. The van der Waals surface area contributed by atoms with Gasteiger partial charge in [-0.1, -0.05) is 23.8 Å². The van der Waals surface area contributed by atoms with Crippen molar-refractivity contribution in [3.05, 3.63) is 58.0 Å². The number of nitrogens with one attached hydrogen (secondary N) is 2. The Labute approximate surface area is 162 Å². The number of carbonyl (C=O) groups excluding carboxylic acids is 3. The maximum atomic E-state index is 12.7. The Morgan fingerprint density at radius 1 is 1.11 bits per heavy atom. The number of benzene rings is 1. The molecule has 2 N–H and O–H groups in total. The molecular weight excluding hydrogens is 364 g/mol. The number of hydrogen-bond acceptors (Lipinski definition) is 5. The van der Waals surface area contributed by atoms with Gasteiger partial charge in [-0.15, -0.1) is 11.3 Å². The molecule has 6 nitrogen and oxygen atoms in total. The number of ether oxygens (including phenoxy) is 1. The van der Waals surface area contributed by atoms with Crippen molar-refractivity contribution in [3.63, 3.8) is 0 Å². The lowest BCUT2D eigenvalue weighted by atomic mass is 10.1. The summed E-state index contributed by atoms with van der Waals surface area (Å²) in [5.41, 5.74) is 2.14. The lowest BCUT2D eigenvalue weighted by Crippen LogP contribution is -2.14. The van der Waals surface area contributed by atoms with Crippen LogP contribution in [0.25, 0.3) is 0 Å². The molecule has 0 atom stereocenters. The van der Waals surface area contributed by atoms with Crippen molar-refractivity contribution in [2.24, 2.45) is 0 Å². The van der Waals surface area contributed by atoms with Crippen LogP contribution in [0, 0.1) is 6.92 Å². The molecule has 0 radical (unpaired) electrons. The number of para-hydroxylation sites is 1. The predicted octanol–water partition coefficient (Wildman–Crippen LogP) is 4.39. The van der Waals surface area contributed by atoms with Gasteiger partial charge in [0.2, 0.25) is 5.91 Å². The normalized spacial score (nSPS) is 10.1. The summed E-state index contributed by atoms with van der Waals surface area (Å²) >= 11 is 1.05. The summed E-state index contributed by atoms with van der Waals surface area (Å²) in [6.45, 7) is 7.15. The number of thiophene rings is 1. The van der Waals surface area contributed by atoms with Crippen molar-refractivity contribution >= 4 is 39.8 Å². The van der Waals surface area contributed by atoms with Crippen LogP contribution < -0.4 is 10.6 Å². The minimum Gasteiger partial charge on any atom is -0.462 e. The van der Waals surface area contributed by atoms with Crippen LogP contribution in [0.2, 0.25) is 0 Å². The third-order valence-corrected chi connectivity index (χ3v) is 4.73. The molecule has 2 aromatic rings. The molecule has 1 aromatic heterocycles. The van der Waals surface area contributed by atoms with Gasteiger partial charge >= 0.3 is 5.97 Å². The van der Waals surface area contributed by atoms with E-state index in [0.29, 0.717) is 21.1 Å². The lowest BCUT2D eigenvalue weighted by molar-refractivity contribution is -0.111. The summed E-state index contributed by atoms with van der Waals surface area (Å²) in [6.07, 6.45) is 1.42. The molecule has 0 aliphatic carbocycles. The van der Waals surface area contributed by atoms with Gasteiger partial charge in [0, 0.05) is 11.8 Å². The van der Waals surface area contributed by atoms with E-state index in [1.165, 1.54) is 6.08 Å². The molecule has 0 fully saturated rings. The fourth-order valence-electron chi connectivity index (χ4n) is 2.39. The van der Waals surface area contributed by atoms with Crippen LogP contribution in [0.4, 0.5) is 10.7 Å². The first-order valence-corrected chi connectivity index (χ1v) is 9.28. The third-order valence-electron chi connectivity index (χ3n) is 3.52. The summed E-state index contributed by atoms with van der Waals surface area (Å²) < 4.78 is 5.09. The molecule has 27 heavy (non-hydrogen) atoms. The van der Waals surface area contributed by atoms with E-state index in [2.05, 4.69) is 10.6 Å². The average Bonchev–Trinajstić information content (AvgIpc) is 2.91. The number of allylic oxidation sites excluding steroid dienone is 1. The maximum Gasteiger partial charge on any atom is 0.341 e. The summed E-state index contributed by atoms with van der Waals surface area (Å²) in [6, 6.07) is 9.01. The summed E-state index contributed by atoms with van der Waals surface area (Å²) in [7, 11) is 0. The standard InChI is InChI=1S/C20H22N2O4S/c1-5-26-20(25)16-13(4)17(18(24)21-14-9-7-6-8-10-14)27-19(16)22-15(23)11-12(2)3/h6-11H,5H2,1-4H3,(H,21,24)(H,22,23). The van der Waals surface area contributed by atoms with Gasteiger partial charge in [0.05, 0.1) is 17.0 Å². The summed E-state index contributed by atoms with van der Waals surface area (Å²) in [5, 5.41) is 5.77. The second-order valence-corrected chi connectivity index (χ2v) is 7.03. The SMILES string of the molecule is CCOC(=O)c1c(NC(=O)C=C(C)C)sc(C(=O)Nc2ccccc2)c1C. The average molecular weight is 386 g/mol. The predicted molar refractivity (Wildman–Crippen MR) is 107 cm³/mol. The molecule has 0 unspecified atom stereocenters. The van der Waals surface area contributed by atoms with Crippen LogP contribution in [-0.2, 0) is 9.53 Å². The molecule has 0 bridgehead atoms. The van der Waals surface area contributed by atoms with Gasteiger partial charge in [0.1, 0.15) is 5.00 Å². The van der Waals surface area contributed by atoms with Crippen LogP contribution >= 0.6 is 11.3 Å². The fraction of sp³-hybridized carbons (Fsp3) is 0.250. The minimum atomic E-state index is -0.572. The quantitative estimate of drug-likeness (QED) is 0.570. The van der Waals surface area contributed by atoms with Gasteiger partial charge in [-0.2, -0.15) is 0 Å². The zero-order valence-corrected chi connectivity index (χ0v) is 16.5. The highest BCUT2D eigenvalue weighted by atomic mass is 32.1. The van der Waals surface area contributed by atoms with E-state index in [1.807, 2.05) is 18.2 Å². The van der Waals surface area contributed by atoms with E-state index in [1.54, 1.807) is 39.8 Å². The first kappa shape index (κ1) is 20.4. The van der Waals surface area contributed by atoms with Gasteiger partial charge in [0.15, 0.2) is 0 Å². The number of hydrogen-bond donors (Lipinski definition) is 2. The first-order valence-electron chi connectivity index (χ1n) is 8.46. The molecule has 0 saturated carbocycles. The number of amides is 2. The highest BCUT2D eigenvalue weighted by Gasteiger charge is 2.26. The molecule has 0 aliphatic heterocycles. The Balaban J connectivity index is 2.39. The molecule has 7 heteroatoms. The van der Waals surface area contributed by atoms with E-state index in [9.17, 15) is 14.4 Å². The Kier molecular flexibility index (Phi) is 6.90. The van der Waals surface area contributed by atoms with E-state index in [4.69, 9.17) is 4.74 Å². The summed E-state index contributed by atoms with van der Waals surface area (Å²) in [5.74, 6) is -1.29. The van der Waals surface area contributed by atoms with E-state index in [0.717, 1.165) is 16.9 Å². The minimum absolute atomic E-state index is 0.195. The van der Waals surface area contributed by atoms with Gasteiger partial charge in [-0.05, 0) is 45.4 Å². The largest absolute Gasteiger partial charge is 0.462 e. The fourth-order valence-corrected chi connectivity index (χ4v) is 3.48. The van der Waals surface area contributed by atoms with Crippen LogP contribution in [0.5, 0.6) is 0 Å². The molecule has 0 saturated heterocycles. The van der Waals surface area contributed by atoms with Crippen molar-refractivity contribution < 1.29 is 19.1 Å². The van der Waals surface area contributed by atoms with Crippen LogP contribution in [-0.4, -0.2) is 24.4 Å². The second kappa shape index (κ2) is 9.14. The number of rotatable bonds is 6. The van der Waals surface area contributed by atoms with E-state index < -0.39 is 5.97 Å². The molecule has 0 spiro atoms. The Bertz CT molecular complexity index is 881. The molecular formula is C20H22N2O4S. The number of anilines is 2. The van der Waals surface area contributed by atoms with Crippen LogP contribution in [0.15, 0.2) is 42.0 Å². The van der Waals surface area contributed by atoms with E-state index in [-0.39, 0.29) is 24.0 Å². The smallest absolute Gasteiger partial charge is 0.341 e. The van der Waals surface area contributed by atoms with Crippen LogP contribution in [0.3, 0.4) is 0 Å². The van der Waals surface area contributed by atoms with Crippen molar-refractivity contribution in [2.75, 3.05) is 17.2 Å². The maximum absolute atomic E-state index is 12.7. The number of carbonyl (C=O) groups is 3. The molecule has 2 amide bonds. The molecule has 1 aromatic carbocycles. The highest BCUT2D eigenvalue weighted by Crippen LogP contribution is 2.34. The topological polar surface area (TPSA) is 84.5 Å². The van der Waals surface area contributed by atoms with Crippen LogP contribution in [0.1, 0.15) is 46.4 Å². The Hall–Kier alpha value is -2.93. The monoisotopic (exact) mass is 386 g/mol. The van der Waals surface area contributed by atoms with Gasteiger partial charge in [-0.3, -0.25) is 9.59 Å². The second-order valence-electron chi connectivity index (χ2n) is 6.01. The Morgan fingerprint density at radius 3 is 2.37 bits per heavy atom. The van der Waals surface area contributed by atoms with Crippen molar-refractivity contribution in [2.45, 2.75) is 27.7 Å². The van der Waals surface area contributed by atoms with Gasteiger partial charge < -0.3 is 15.4 Å². The zero-order chi connectivity index (χ0) is 20.0. The lowest BCUT2D eigenvalue weighted by Gasteiger charge is -2.06. The molecule has 1 heterocycles. The Morgan fingerprint density at radius 2 is 1.78 bits per heavy atom. The van der Waals surface area contributed by atoms with Crippen molar-refractivity contribution in [1.29, 1.82) is 0 Å². The zero-order valence-electron chi connectivity index (χ0n) is 15.7. The highest BCUT2D eigenvalue weighted by molar-refractivity contribution is 7.19. The molecule has 2 rings (SSSR count). The van der Waals surface area contributed by atoms with E-state index >= 15 is 0 Å². The van der Waals surface area contributed by atoms with Gasteiger partial charge in [0.25, 0.3) is 5.91 Å². The van der Waals surface area contributed by atoms with Crippen molar-refractivity contribution in [1.82, 2.24) is 0 Å².